The number of guanidine groups is 1. The van der Waals surface area contributed by atoms with Crippen LogP contribution in [-0.2, 0) is 13.0 Å². The van der Waals surface area contributed by atoms with E-state index in [9.17, 15) is 0 Å². The standard InChI is InChI=1S/C16H20Cl2N4S.HI/c1-10-15(23-11(2)22-10)9-21-16(19-3)20-5-4-12-6-13(17)8-14(18)7-12;/h6-8H,4-5,9H2,1-3H3,(H2,19,20,21);1H. The van der Waals surface area contributed by atoms with Gasteiger partial charge in [0, 0.05) is 28.5 Å². The number of nitrogens with one attached hydrogen (secondary N) is 2. The molecule has 0 fully saturated rings. The Kier molecular flexibility index (Phi) is 9.33. The zero-order valence-corrected chi connectivity index (χ0v) is 18.5. The highest BCUT2D eigenvalue weighted by atomic mass is 127. The maximum absolute atomic E-state index is 6.01. The zero-order chi connectivity index (χ0) is 16.8. The van der Waals surface area contributed by atoms with E-state index in [-0.39, 0.29) is 24.0 Å². The summed E-state index contributed by atoms with van der Waals surface area (Å²) in [6, 6.07) is 5.59. The summed E-state index contributed by atoms with van der Waals surface area (Å²) in [5.41, 5.74) is 2.17. The van der Waals surface area contributed by atoms with Crippen LogP contribution in [0.5, 0.6) is 0 Å². The third kappa shape index (κ3) is 6.74. The molecule has 0 saturated heterocycles. The maximum atomic E-state index is 6.01. The second-order valence-corrected chi connectivity index (χ2v) is 7.28. The number of hydrogen-bond acceptors (Lipinski definition) is 3. The van der Waals surface area contributed by atoms with Gasteiger partial charge in [-0.25, -0.2) is 4.98 Å². The van der Waals surface area contributed by atoms with Crippen LogP contribution in [0.15, 0.2) is 23.2 Å². The van der Waals surface area contributed by atoms with Crippen LogP contribution in [0.3, 0.4) is 0 Å². The quantitative estimate of drug-likeness (QED) is 0.360. The lowest BCUT2D eigenvalue weighted by molar-refractivity contribution is 0.796. The van der Waals surface area contributed by atoms with Crippen LogP contribution in [0.4, 0.5) is 0 Å². The molecule has 1 aromatic carbocycles. The Morgan fingerprint density at radius 1 is 1.17 bits per heavy atom. The Labute approximate surface area is 174 Å². The topological polar surface area (TPSA) is 49.3 Å². The minimum absolute atomic E-state index is 0. The molecule has 8 heteroatoms. The number of thiazole rings is 1. The molecule has 4 nitrogen and oxygen atoms in total. The number of benzene rings is 1. The van der Waals surface area contributed by atoms with Crippen LogP contribution < -0.4 is 10.6 Å². The number of nitrogens with zero attached hydrogens (tertiary/aromatic N) is 2. The van der Waals surface area contributed by atoms with Gasteiger partial charge < -0.3 is 10.6 Å². The van der Waals surface area contributed by atoms with E-state index in [2.05, 4.69) is 20.6 Å². The highest BCUT2D eigenvalue weighted by Gasteiger charge is 2.06. The zero-order valence-electron chi connectivity index (χ0n) is 13.8. The fourth-order valence-electron chi connectivity index (χ4n) is 2.20. The third-order valence-electron chi connectivity index (χ3n) is 3.27. The number of rotatable bonds is 5. The van der Waals surface area contributed by atoms with Gasteiger partial charge in [-0.1, -0.05) is 23.2 Å². The van der Waals surface area contributed by atoms with Crippen LogP contribution >= 0.6 is 58.5 Å². The molecule has 2 aromatic rings. The number of aryl methyl sites for hydroxylation is 2. The number of aromatic nitrogens is 1. The van der Waals surface area contributed by atoms with E-state index in [0.29, 0.717) is 10.0 Å². The van der Waals surface area contributed by atoms with Crippen molar-refractivity contribution in [1.82, 2.24) is 15.6 Å². The van der Waals surface area contributed by atoms with Crippen molar-refractivity contribution in [3.05, 3.63) is 49.4 Å². The number of hydrogen-bond donors (Lipinski definition) is 2. The Bertz CT molecular complexity index is 683. The largest absolute Gasteiger partial charge is 0.356 e. The van der Waals surface area contributed by atoms with Crippen molar-refractivity contribution < 1.29 is 0 Å². The lowest BCUT2D eigenvalue weighted by Crippen LogP contribution is -2.37. The van der Waals surface area contributed by atoms with Gasteiger partial charge in [-0.2, -0.15) is 0 Å². The second-order valence-electron chi connectivity index (χ2n) is 5.12. The molecule has 1 aromatic heterocycles. The first kappa shape index (κ1) is 21.5. The lowest BCUT2D eigenvalue weighted by atomic mass is 10.1. The second kappa shape index (κ2) is 10.4. The predicted molar refractivity (Wildman–Crippen MR) is 115 cm³/mol. The summed E-state index contributed by atoms with van der Waals surface area (Å²) in [6.45, 7) is 5.51. The first-order chi connectivity index (χ1) is 11.0. The van der Waals surface area contributed by atoms with E-state index in [1.807, 2.05) is 26.0 Å². The van der Waals surface area contributed by atoms with Crippen LogP contribution in [0.2, 0.25) is 10.0 Å². The fourth-order valence-corrected chi connectivity index (χ4v) is 3.65. The number of halogens is 3. The molecule has 0 bridgehead atoms. The minimum atomic E-state index is 0. The summed E-state index contributed by atoms with van der Waals surface area (Å²) in [4.78, 5) is 9.89. The molecule has 0 spiro atoms. The molecule has 0 aliphatic carbocycles. The van der Waals surface area contributed by atoms with Gasteiger partial charge in [-0.3, -0.25) is 4.99 Å². The van der Waals surface area contributed by atoms with E-state index in [4.69, 9.17) is 23.2 Å². The Morgan fingerprint density at radius 2 is 1.83 bits per heavy atom. The summed E-state index contributed by atoms with van der Waals surface area (Å²) >= 11 is 13.7. The first-order valence-electron chi connectivity index (χ1n) is 7.30. The highest BCUT2D eigenvalue weighted by Crippen LogP contribution is 2.19. The van der Waals surface area contributed by atoms with Crippen molar-refractivity contribution in [1.29, 1.82) is 0 Å². The van der Waals surface area contributed by atoms with Gasteiger partial charge in [0.05, 0.1) is 17.2 Å². The molecule has 0 saturated carbocycles. The lowest BCUT2D eigenvalue weighted by Gasteiger charge is -2.11. The van der Waals surface area contributed by atoms with Gasteiger partial charge in [-0.05, 0) is 44.0 Å². The Morgan fingerprint density at radius 3 is 2.38 bits per heavy atom. The fraction of sp³-hybridized carbons (Fsp3) is 0.375. The van der Waals surface area contributed by atoms with E-state index in [1.54, 1.807) is 24.5 Å². The molecule has 132 valence electrons. The summed E-state index contributed by atoms with van der Waals surface area (Å²) in [7, 11) is 1.76. The monoisotopic (exact) mass is 498 g/mol. The molecule has 2 N–H and O–H groups in total. The van der Waals surface area contributed by atoms with E-state index >= 15 is 0 Å². The normalized spacial score (nSPS) is 11.1. The van der Waals surface area contributed by atoms with Gasteiger partial charge in [0.1, 0.15) is 0 Å². The van der Waals surface area contributed by atoms with Crippen molar-refractivity contribution in [2.24, 2.45) is 4.99 Å². The average Bonchev–Trinajstić information content (AvgIpc) is 2.79. The van der Waals surface area contributed by atoms with Crippen molar-refractivity contribution in [3.8, 4) is 0 Å². The van der Waals surface area contributed by atoms with Gasteiger partial charge in [0.15, 0.2) is 5.96 Å². The molecule has 0 aliphatic heterocycles. The molecule has 0 unspecified atom stereocenters. The number of aliphatic imine (C=N–C) groups is 1. The van der Waals surface area contributed by atoms with E-state index < -0.39 is 0 Å². The highest BCUT2D eigenvalue weighted by molar-refractivity contribution is 14.0. The molecule has 0 radical (unpaired) electrons. The molecule has 2 rings (SSSR count). The molecule has 0 atom stereocenters. The first-order valence-corrected chi connectivity index (χ1v) is 8.87. The SMILES string of the molecule is CN=C(NCCc1cc(Cl)cc(Cl)c1)NCc1sc(C)nc1C.I. The Balaban J connectivity index is 0.00000288. The summed E-state index contributed by atoms with van der Waals surface area (Å²) in [6.07, 6.45) is 0.819. The van der Waals surface area contributed by atoms with Gasteiger partial charge >= 0.3 is 0 Å². The molecule has 0 amide bonds. The van der Waals surface area contributed by atoms with Crippen LogP contribution in [0.1, 0.15) is 21.1 Å². The molecular formula is C16H21Cl2IN4S. The molecular weight excluding hydrogens is 478 g/mol. The van der Waals surface area contributed by atoms with Crippen LogP contribution in [-0.4, -0.2) is 24.5 Å². The Hall–Kier alpha value is -0.570. The average molecular weight is 499 g/mol. The van der Waals surface area contributed by atoms with Gasteiger partial charge in [0.25, 0.3) is 0 Å². The van der Waals surface area contributed by atoms with Crippen molar-refractivity contribution in [2.75, 3.05) is 13.6 Å². The summed E-state index contributed by atoms with van der Waals surface area (Å²) in [5, 5.41) is 9.00. The molecule has 24 heavy (non-hydrogen) atoms. The van der Waals surface area contributed by atoms with Crippen molar-refractivity contribution >= 4 is 64.5 Å². The van der Waals surface area contributed by atoms with Gasteiger partial charge in [-0.15, -0.1) is 35.3 Å². The summed E-state index contributed by atoms with van der Waals surface area (Å²) < 4.78 is 0. The third-order valence-corrected chi connectivity index (χ3v) is 4.78. The van der Waals surface area contributed by atoms with E-state index in [0.717, 1.165) is 41.7 Å². The van der Waals surface area contributed by atoms with Crippen LogP contribution in [0, 0.1) is 13.8 Å². The van der Waals surface area contributed by atoms with Gasteiger partial charge in [0.2, 0.25) is 0 Å². The van der Waals surface area contributed by atoms with Crippen molar-refractivity contribution in [2.45, 2.75) is 26.8 Å². The minimum Gasteiger partial charge on any atom is -0.356 e. The van der Waals surface area contributed by atoms with Crippen LogP contribution in [0.25, 0.3) is 0 Å². The molecule has 1 heterocycles. The molecule has 0 aliphatic rings. The van der Waals surface area contributed by atoms with Crippen molar-refractivity contribution in [3.63, 3.8) is 0 Å². The maximum Gasteiger partial charge on any atom is 0.191 e. The van der Waals surface area contributed by atoms with E-state index in [1.165, 1.54) is 4.88 Å². The summed E-state index contributed by atoms with van der Waals surface area (Å²) in [5.74, 6) is 0.767. The smallest absolute Gasteiger partial charge is 0.191 e. The predicted octanol–water partition coefficient (Wildman–Crippen LogP) is 4.59.